The highest BCUT2D eigenvalue weighted by Gasteiger charge is 2.46. The van der Waals surface area contributed by atoms with Gasteiger partial charge in [0.15, 0.2) is 9.84 Å². The molecule has 4 rings (SSSR count). The summed E-state index contributed by atoms with van der Waals surface area (Å²) in [5.74, 6) is -4.07. The van der Waals surface area contributed by atoms with Gasteiger partial charge in [-0.25, -0.2) is 13.4 Å². The Labute approximate surface area is 306 Å². The largest absolute Gasteiger partial charge is 0.394 e. The van der Waals surface area contributed by atoms with E-state index in [0.717, 1.165) is 44.9 Å². The van der Waals surface area contributed by atoms with Gasteiger partial charge in [0.1, 0.15) is 16.9 Å². The fourth-order valence-electron chi connectivity index (χ4n) is 6.71. The Balaban J connectivity index is 1.60. The minimum absolute atomic E-state index is 0.0259. The molecule has 0 spiro atoms. The first-order valence-electron chi connectivity index (χ1n) is 18.3. The number of imidazole rings is 1. The number of nitrogens with one attached hydrogen (secondary N) is 4. The SMILES string of the molecule is CC(CO)(CO)NC(=O)C(C)(C)S(=O)(=O)C[C@@H](Cc1ccccc1)C(=O)N[C@@H](Cc1c[nH]cn1)C(=O)N[C@@H](CC1CCCCC1)[C@@H](O)[C@@H](O)C1CC1. The number of aliphatic hydroxyl groups excluding tert-OH is 4. The molecule has 8 N–H and O–H groups in total. The Hall–Kier alpha value is -3.37. The van der Waals surface area contributed by atoms with Crippen LogP contribution in [0.4, 0.5) is 0 Å². The number of carbonyl (C=O) groups is 3. The number of benzene rings is 1. The van der Waals surface area contributed by atoms with E-state index >= 15 is 0 Å². The van der Waals surface area contributed by atoms with Gasteiger partial charge in [0.2, 0.25) is 17.7 Å². The van der Waals surface area contributed by atoms with Gasteiger partial charge in [0, 0.05) is 12.6 Å². The van der Waals surface area contributed by atoms with Gasteiger partial charge in [-0.15, -0.1) is 0 Å². The first-order chi connectivity index (χ1) is 24.6. The van der Waals surface area contributed by atoms with Gasteiger partial charge < -0.3 is 41.4 Å². The molecular weight excluding hydrogens is 690 g/mol. The predicted octanol–water partition coefficient (Wildman–Crippen LogP) is 0.936. The molecule has 290 valence electrons. The summed E-state index contributed by atoms with van der Waals surface area (Å²) in [6, 6.07) is 6.79. The number of carbonyl (C=O) groups excluding carboxylic acids is 3. The highest BCUT2D eigenvalue weighted by atomic mass is 32.2. The number of sulfone groups is 1. The third-order valence-corrected chi connectivity index (χ3v) is 13.2. The summed E-state index contributed by atoms with van der Waals surface area (Å²) in [5, 5.41) is 49.7. The van der Waals surface area contributed by atoms with Crippen LogP contribution in [0, 0.1) is 17.8 Å². The van der Waals surface area contributed by atoms with E-state index in [1.54, 1.807) is 36.5 Å². The van der Waals surface area contributed by atoms with Crippen LogP contribution in [0.3, 0.4) is 0 Å². The maximum atomic E-state index is 14.2. The molecule has 52 heavy (non-hydrogen) atoms. The molecule has 1 aromatic heterocycles. The lowest BCUT2D eigenvalue weighted by Gasteiger charge is -2.34. The third kappa shape index (κ3) is 11.1. The lowest BCUT2D eigenvalue weighted by molar-refractivity contribution is -0.132. The number of amides is 3. The van der Waals surface area contributed by atoms with Gasteiger partial charge in [0.25, 0.3) is 0 Å². The van der Waals surface area contributed by atoms with Gasteiger partial charge in [-0.05, 0) is 63.9 Å². The molecular formula is C37H57N5O9S. The molecule has 1 heterocycles. The summed E-state index contributed by atoms with van der Waals surface area (Å²) in [5.41, 5.74) is -0.357. The number of hydrogen-bond acceptors (Lipinski definition) is 10. The van der Waals surface area contributed by atoms with Crippen LogP contribution in [0.5, 0.6) is 0 Å². The molecule has 0 radical (unpaired) electrons. The van der Waals surface area contributed by atoms with E-state index in [1.165, 1.54) is 27.1 Å². The number of rotatable bonds is 20. The zero-order valence-electron chi connectivity index (χ0n) is 30.5. The zero-order valence-corrected chi connectivity index (χ0v) is 31.3. The highest BCUT2D eigenvalue weighted by Crippen LogP contribution is 2.36. The molecule has 2 aliphatic rings. The molecule has 14 nitrogen and oxygen atoms in total. The molecule has 2 fully saturated rings. The van der Waals surface area contributed by atoms with E-state index in [4.69, 9.17) is 0 Å². The van der Waals surface area contributed by atoms with Crippen LogP contribution >= 0.6 is 0 Å². The van der Waals surface area contributed by atoms with Gasteiger partial charge in [-0.1, -0.05) is 62.4 Å². The summed E-state index contributed by atoms with van der Waals surface area (Å²) in [6.45, 7) is 2.50. The number of aromatic nitrogens is 2. The van der Waals surface area contributed by atoms with Gasteiger partial charge in [-0.2, -0.15) is 0 Å². The second kappa shape index (κ2) is 18.1. The lowest BCUT2D eigenvalue weighted by Crippen LogP contribution is -2.60. The van der Waals surface area contributed by atoms with Gasteiger partial charge in [0.05, 0.1) is 54.6 Å². The normalized spacial score (nSPS) is 18.8. The van der Waals surface area contributed by atoms with Gasteiger partial charge in [-0.3, -0.25) is 14.4 Å². The van der Waals surface area contributed by atoms with Gasteiger partial charge >= 0.3 is 0 Å². The van der Waals surface area contributed by atoms with Crippen molar-refractivity contribution >= 4 is 27.6 Å². The Bertz CT molecular complexity index is 1560. The number of aliphatic hydroxyl groups is 4. The molecule has 0 unspecified atom stereocenters. The van der Waals surface area contributed by atoms with E-state index in [1.807, 2.05) is 0 Å². The van der Waals surface area contributed by atoms with Crippen molar-refractivity contribution in [2.75, 3.05) is 19.0 Å². The molecule has 1 aromatic carbocycles. The fourth-order valence-corrected chi connectivity index (χ4v) is 8.26. The van der Waals surface area contributed by atoms with Crippen molar-refractivity contribution in [3.05, 3.63) is 54.1 Å². The van der Waals surface area contributed by atoms with Crippen molar-refractivity contribution in [1.82, 2.24) is 25.9 Å². The van der Waals surface area contributed by atoms with Crippen molar-refractivity contribution < 1.29 is 43.2 Å². The average molecular weight is 748 g/mol. The third-order valence-electron chi connectivity index (χ3n) is 10.7. The van der Waals surface area contributed by atoms with Crippen LogP contribution < -0.4 is 16.0 Å². The first-order valence-corrected chi connectivity index (χ1v) is 20.0. The standard InChI is InChI=1S/C37H57N5O9S/c1-36(2,35(49)42-37(3,21-43)22-44)52(50,51)20-27(16-24-10-6-4-7-11-24)33(47)41-30(18-28-19-38-23-39-28)34(48)40-29(17-25-12-8-5-9-13-25)32(46)31(45)26-14-15-26/h4,6-7,10-11,19,23,25-27,29-32,43-46H,5,8-9,12-18,20-22H2,1-3H3,(H,38,39)(H,40,48)(H,41,47)(H,42,49)/t27-,29+,30+,31+,32-/m1/s1. The predicted molar refractivity (Wildman–Crippen MR) is 194 cm³/mol. The topological polar surface area (TPSA) is 231 Å². The molecule has 5 atom stereocenters. The summed E-state index contributed by atoms with van der Waals surface area (Å²) in [6.07, 6.45) is 7.95. The molecule has 15 heteroatoms. The molecule has 0 saturated heterocycles. The maximum absolute atomic E-state index is 14.2. The Morgan fingerprint density at radius 3 is 2.15 bits per heavy atom. The molecule has 2 aliphatic carbocycles. The second-order valence-electron chi connectivity index (χ2n) is 15.5. The average Bonchev–Trinajstić information content (AvgIpc) is 3.85. The fraction of sp³-hybridized carbons (Fsp3) is 0.676. The zero-order chi connectivity index (χ0) is 38.1. The molecule has 0 aliphatic heterocycles. The summed E-state index contributed by atoms with van der Waals surface area (Å²) >= 11 is 0. The monoisotopic (exact) mass is 747 g/mol. The number of aromatic amines is 1. The summed E-state index contributed by atoms with van der Waals surface area (Å²) in [4.78, 5) is 48.6. The Morgan fingerprint density at radius 1 is 0.923 bits per heavy atom. The van der Waals surface area contributed by atoms with Crippen LogP contribution in [0.1, 0.15) is 83.4 Å². The number of nitrogens with zero attached hydrogens (tertiary/aromatic N) is 1. The Kier molecular flexibility index (Phi) is 14.4. The molecule has 2 saturated carbocycles. The van der Waals surface area contributed by atoms with Crippen LogP contribution in [0.15, 0.2) is 42.9 Å². The summed E-state index contributed by atoms with van der Waals surface area (Å²) in [7, 11) is -4.39. The van der Waals surface area contributed by atoms with E-state index in [2.05, 4.69) is 25.9 Å². The van der Waals surface area contributed by atoms with Crippen molar-refractivity contribution in [1.29, 1.82) is 0 Å². The minimum atomic E-state index is -4.39. The van der Waals surface area contributed by atoms with Crippen LogP contribution in [0.2, 0.25) is 0 Å². The van der Waals surface area contributed by atoms with E-state index in [-0.39, 0.29) is 24.7 Å². The van der Waals surface area contributed by atoms with Crippen LogP contribution in [0.25, 0.3) is 0 Å². The number of H-pyrrole nitrogens is 1. The molecule has 0 bridgehead atoms. The first kappa shape index (κ1) is 41.4. The van der Waals surface area contributed by atoms with Crippen molar-refractivity contribution in [3.8, 4) is 0 Å². The maximum Gasteiger partial charge on any atom is 0.243 e. The lowest BCUT2D eigenvalue weighted by atomic mass is 9.82. The molecule has 2 aromatic rings. The van der Waals surface area contributed by atoms with Crippen molar-refractivity contribution in [2.24, 2.45) is 17.8 Å². The minimum Gasteiger partial charge on any atom is -0.394 e. The second-order valence-corrected chi connectivity index (χ2v) is 18.1. The smallest absolute Gasteiger partial charge is 0.243 e. The molecule has 3 amide bonds. The van der Waals surface area contributed by atoms with Crippen molar-refractivity contribution in [2.45, 2.75) is 120 Å². The highest BCUT2D eigenvalue weighted by molar-refractivity contribution is 7.93. The van der Waals surface area contributed by atoms with Crippen LogP contribution in [-0.2, 0) is 37.1 Å². The van der Waals surface area contributed by atoms with E-state index in [9.17, 15) is 43.2 Å². The van der Waals surface area contributed by atoms with Crippen molar-refractivity contribution in [3.63, 3.8) is 0 Å². The number of hydrogen-bond donors (Lipinski definition) is 8. The van der Waals surface area contributed by atoms with E-state index in [0.29, 0.717) is 17.7 Å². The quantitative estimate of drug-likeness (QED) is 0.0956. The summed E-state index contributed by atoms with van der Waals surface area (Å²) < 4.78 is 25.9. The van der Waals surface area contributed by atoms with E-state index < -0.39 is 87.0 Å². The Morgan fingerprint density at radius 2 is 1.58 bits per heavy atom. The van der Waals surface area contributed by atoms with Crippen LogP contribution in [-0.4, -0.2) is 110 Å².